The van der Waals surface area contributed by atoms with Crippen molar-refractivity contribution in [1.82, 2.24) is 25.5 Å². The van der Waals surface area contributed by atoms with Crippen molar-refractivity contribution in [2.75, 3.05) is 40.5 Å². The van der Waals surface area contributed by atoms with E-state index in [9.17, 15) is 19.2 Å². The first kappa shape index (κ1) is 36.7. The van der Waals surface area contributed by atoms with Crippen molar-refractivity contribution in [3.63, 3.8) is 0 Å². The summed E-state index contributed by atoms with van der Waals surface area (Å²) < 4.78 is 29.6. The third-order valence-corrected chi connectivity index (χ3v) is 9.50. The number of likely N-dealkylation sites (tertiary alicyclic amines) is 1. The topological polar surface area (TPSA) is 170 Å². The first-order valence-corrected chi connectivity index (χ1v) is 17.4. The number of hydrogen-bond acceptors (Lipinski definition) is 10. The van der Waals surface area contributed by atoms with Crippen LogP contribution in [0.3, 0.4) is 0 Å². The number of amides is 3. The van der Waals surface area contributed by atoms with E-state index in [1.807, 2.05) is 6.07 Å². The van der Waals surface area contributed by atoms with Crippen molar-refractivity contribution in [1.29, 1.82) is 0 Å². The van der Waals surface area contributed by atoms with E-state index in [-0.39, 0.29) is 56.7 Å². The fourth-order valence-corrected chi connectivity index (χ4v) is 6.53. The smallest absolute Gasteiger partial charge is 0.345 e. The quantitative estimate of drug-likeness (QED) is 0.273. The van der Waals surface area contributed by atoms with Gasteiger partial charge in [0.15, 0.2) is 28.6 Å². The Morgan fingerprint density at radius 1 is 0.887 bits per heavy atom. The number of methoxy groups -OCH3 is 2. The van der Waals surface area contributed by atoms with Gasteiger partial charge in [0.05, 0.1) is 20.8 Å². The lowest BCUT2D eigenvalue weighted by molar-refractivity contribution is -0.146. The maximum Gasteiger partial charge on any atom is 0.345 e. The molecule has 0 unspecified atom stereocenters. The summed E-state index contributed by atoms with van der Waals surface area (Å²) in [5, 5.41) is 5.90. The summed E-state index contributed by atoms with van der Waals surface area (Å²) in [6.07, 6.45) is 1.20. The Balaban J connectivity index is 1.22. The lowest BCUT2D eigenvalue weighted by Gasteiger charge is -2.40. The molecule has 14 heteroatoms. The number of nitrogens with one attached hydrogen (secondary N) is 3. The Labute approximate surface area is 306 Å². The van der Waals surface area contributed by atoms with Gasteiger partial charge in [0.2, 0.25) is 5.91 Å². The first-order chi connectivity index (χ1) is 25.6. The molecule has 7 aliphatic rings. The number of carbonyl (C=O) groups excluding carboxylic acids is 3. The average molecular weight is 726 g/mol. The lowest BCUT2D eigenvalue weighted by atomic mass is 9.89. The summed E-state index contributed by atoms with van der Waals surface area (Å²) >= 11 is 0. The second-order valence-corrected chi connectivity index (χ2v) is 12.9. The molecule has 278 valence electrons. The SMILES string of the molecule is COc1cc2ccc1Oc1ccc(cc1OC)C(=O)NCCOc1ccc(cc1)OC1(CCN(C(=O)CCc3c(C)nc(=O)[nH]c3C)CC1)C(=O)NC2. The number of ether oxygens (including phenoxy) is 5. The number of H-pyrrole nitrogens is 1. The monoisotopic (exact) mass is 725 g/mol. The highest BCUT2D eigenvalue weighted by Crippen LogP contribution is 2.38. The van der Waals surface area contributed by atoms with Crippen LogP contribution in [0, 0.1) is 13.8 Å². The zero-order valence-corrected chi connectivity index (χ0v) is 30.2. The van der Waals surface area contributed by atoms with E-state index in [1.54, 1.807) is 73.3 Å². The first-order valence-electron chi connectivity index (χ1n) is 17.4. The van der Waals surface area contributed by atoms with E-state index in [0.717, 1.165) is 11.1 Å². The lowest BCUT2D eigenvalue weighted by Crippen LogP contribution is -2.58. The predicted molar refractivity (Wildman–Crippen MR) is 194 cm³/mol. The largest absolute Gasteiger partial charge is 0.493 e. The minimum Gasteiger partial charge on any atom is -0.493 e. The number of carbonyl (C=O) groups is 3. The van der Waals surface area contributed by atoms with E-state index in [4.69, 9.17) is 23.7 Å². The van der Waals surface area contributed by atoms with Crippen LogP contribution in [0.2, 0.25) is 0 Å². The van der Waals surface area contributed by atoms with Crippen molar-refractivity contribution >= 4 is 17.7 Å². The zero-order chi connectivity index (χ0) is 37.5. The van der Waals surface area contributed by atoms with Crippen LogP contribution in [0.25, 0.3) is 0 Å². The number of benzene rings is 3. The van der Waals surface area contributed by atoms with Crippen molar-refractivity contribution in [2.24, 2.45) is 0 Å². The molecule has 0 saturated carbocycles. The van der Waals surface area contributed by atoms with Crippen LogP contribution >= 0.6 is 0 Å². The molecule has 14 nitrogen and oxygen atoms in total. The number of rotatable bonds is 5. The molecule has 7 aliphatic heterocycles. The van der Waals surface area contributed by atoms with E-state index < -0.39 is 11.3 Å². The molecule has 8 heterocycles. The van der Waals surface area contributed by atoms with Gasteiger partial charge in [-0.05, 0) is 86.0 Å². The molecule has 53 heavy (non-hydrogen) atoms. The summed E-state index contributed by atoms with van der Waals surface area (Å²) in [6.45, 7) is 4.83. The number of nitrogens with zero attached hydrogens (tertiary/aromatic N) is 2. The molecule has 6 bridgehead atoms. The zero-order valence-electron chi connectivity index (χ0n) is 30.2. The summed E-state index contributed by atoms with van der Waals surface area (Å²) in [5.41, 5.74) is 1.63. The van der Waals surface area contributed by atoms with E-state index in [1.165, 1.54) is 14.2 Å². The van der Waals surface area contributed by atoms with Crippen LogP contribution in [0.4, 0.5) is 0 Å². The van der Waals surface area contributed by atoms with Crippen LogP contribution in [0.5, 0.6) is 34.5 Å². The number of aryl methyl sites for hydroxylation is 2. The van der Waals surface area contributed by atoms with Crippen LogP contribution in [-0.2, 0) is 22.6 Å². The molecule has 11 rings (SSSR count). The summed E-state index contributed by atoms with van der Waals surface area (Å²) in [6, 6.07) is 17.2. The summed E-state index contributed by atoms with van der Waals surface area (Å²) in [7, 11) is 3.02. The average Bonchev–Trinajstić information content (AvgIpc) is 3.16. The van der Waals surface area contributed by atoms with Gasteiger partial charge in [-0.2, -0.15) is 4.98 Å². The van der Waals surface area contributed by atoms with Crippen LogP contribution < -0.4 is 40.0 Å². The molecule has 3 amide bonds. The molecule has 1 spiro atoms. The Hall–Kier alpha value is -6.05. The maximum atomic E-state index is 14.1. The van der Waals surface area contributed by atoms with Gasteiger partial charge in [-0.15, -0.1) is 0 Å². The van der Waals surface area contributed by atoms with Crippen LogP contribution in [-0.4, -0.2) is 78.7 Å². The number of aromatic amines is 1. The highest BCUT2D eigenvalue weighted by atomic mass is 16.5. The molecule has 0 aliphatic carbocycles. The Kier molecular flexibility index (Phi) is 11.2. The number of piperidine rings is 1. The Morgan fingerprint density at radius 3 is 2.26 bits per heavy atom. The molecular formula is C39H43N5O9. The van der Waals surface area contributed by atoms with Gasteiger partial charge in [0.1, 0.15) is 18.1 Å². The van der Waals surface area contributed by atoms with Gasteiger partial charge in [0, 0.05) is 55.8 Å². The predicted octanol–water partition coefficient (Wildman–Crippen LogP) is 4.01. The Bertz CT molecular complexity index is 2010. The molecule has 0 radical (unpaired) electrons. The van der Waals surface area contributed by atoms with E-state index in [0.29, 0.717) is 71.0 Å². The normalized spacial score (nSPS) is 15.9. The molecule has 1 fully saturated rings. The Morgan fingerprint density at radius 2 is 1.57 bits per heavy atom. The van der Waals surface area contributed by atoms with Gasteiger partial charge in [-0.1, -0.05) is 6.07 Å². The number of hydrogen-bond donors (Lipinski definition) is 3. The maximum absolute atomic E-state index is 14.1. The van der Waals surface area contributed by atoms with Gasteiger partial charge in [-0.25, -0.2) is 4.79 Å². The third kappa shape index (κ3) is 8.54. The molecule has 1 aromatic heterocycles. The fraction of sp³-hybridized carbons (Fsp3) is 0.359. The second kappa shape index (κ2) is 16.1. The standard InChI is InChI=1S/C39H43N5O9/c1-24-30(25(2)43-38(48)42-24)11-14-35(45)44-18-15-39(16-19-44)37(47)41-23-26-5-12-31(33(21-26)49-3)52-32-13-6-27(22-34(32)50-4)36(46)40-17-20-51-28-7-9-29(53-39)10-8-28/h5-10,12-13,21-22H,11,14-20,23H2,1-4H3,(H,40,46)(H,41,47)(H,42,43,48). The van der Waals surface area contributed by atoms with Gasteiger partial charge in [-0.3, -0.25) is 14.4 Å². The fourth-order valence-electron chi connectivity index (χ4n) is 6.53. The third-order valence-electron chi connectivity index (χ3n) is 9.50. The molecule has 3 N–H and O–H groups in total. The van der Waals surface area contributed by atoms with Gasteiger partial charge >= 0.3 is 5.69 Å². The van der Waals surface area contributed by atoms with Crippen molar-refractivity contribution in [3.8, 4) is 34.5 Å². The summed E-state index contributed by atoms with van der Waals surface area (Å²) in [4.78, 5) is 60.4. The summed E-state index contributed by atoms with van der Waals surface area (Å²) in [5.74, 6) is 1.96. The van der Waals surface area contributed by atoms with Crippen LogP contribution in [0.15, 0.2) is 65.5 Å². The number of aromatic nitrogens is 2. The second-order valence-electron chi connectivity index (χ2n) is 12.9. The minimum atomic E-state index is -1.26. The van der Waals surface area contributed by atoms with Crippen molar-refractivity contribution in [3.05, 3.63) is 99.2 Å². The molecular weight excluding hydrogens is 682 g/mol. The molecule has 3 aromatic carbocycles. The van der Waals surface area contributed by atoms with Crippen molar-refractivity contribution < 1.29 is 38.1 Å². The van der Waals surface area contributed by atoms with Gasteiger partial charge in [0.25, 0.3) is 11.8 Å². The molecule has 1 saturated heterocycles. The highest BCUT2D eigenvalue weighted by molar-refractivity contribution is 5.95. The minimum absolute atomic E-state index is 0.0556. The van der Waals surface area contributed by atoms with Crippen LogP contribution in [0.1, 0.15) is 52.1 Å². The molecule has 4 aromatic rings. The highest BCUT2D eigenvalue weighted by Gasteiger charge is 2.44. The van der Waals surface area contributed by atoms with E-state index in [2.05, 4.69) is 20.6 Å². The van der Waals surface area contributed by atoms with Crippen molar-refractivity contribution in [2.45, 2.75) is 51.7 Å². The molecule has 0 atom stereocenters. The van der Waals surface area contributed by atoms with E-state index >= 15 is 0 Å². The van der Waals surface area contributed by atoms with Gasteiger partial charge < -0.3 is 44.2 Å².